The van der Waals surface area contributed by atoms with Crippen LogP contribution in [0, 0.1) is 0 Å². The van der Waals surface area contributed by atoms with Crippen molar-refractivity contribution in [3.63, 3.8) is 0 Å². The molecule has 0 saturated carbocycles. The summed E-state index contributed by atoms with van der Waals surface area (Å²) in [7, 11) is -1.29. The van der Waals surface area contributed by atoms with Gasteiger partial charge in [0.1, 0.15) is 0 Å². The van der Waals surface area contributed by atoms with Crippen molar-refractivity contribution in [2.24, 2.45) is 4.99 Å². The Labute approximate surface area is 137 Å². The molecule has 0 aliphatic heterocycles. The van der Waals surface area contributed by atoms with E-state index in [0.29, 0.717) is 6.54 Å². The first kappa shape index (κ1) is 18.9. The number of rotatable bonds is 7. The fourth-order valence-corrected chi connectivity index (χ4v) is 3.74. The van der Waals surface area contributed by atoms with Crippen molar-refractivity contribution in [2.75, 3.05) is 26.4 Å². The predicted octanol–water partition coefficient (Wildman–Crippen LogP) is 1.47. The third kappa shape index (κ3) is 7.24. The Morgan fingerprint density at radius 2 is 2.14 bits per heavy atom. The van der Waals surface area contributed by atoms with Crippen molar-refractivity contribution in [3.8, 4) is 0 Å². The summed E-state index contributed by atoms with van der Waals surface area (Å²) in [6, 6.07) is 2.08. The van der Waals surface area contributed by atoms with Gasteiger partial charge in [-0.05, 0) is 43.2 Å². The van der Waals surface area contributed by atoms with E-state index < -0.39 is 15.6 Å². The van der Waals surface area contributed by atoms with Crippen LogP contribution in [-0.4, -0.2) is 51.2 Å². The second-order valence-electron chi connectivity index (χ2n) is 5.92. The molecular formula is C14H26N4O2S2. The molecule has 2 N–H and O–H groups in total. The molecule has 0 aromatic carbocycles. The molecule has 1 rings (SSSR count). The Balaban J connectivity index is 2.76. The molecule has 8 heteroatoms. The van der Waals surface area contributed by atoms with Crippen LogP contribution in [0.4, 0.5) is 0 Å². The third-order valence-corrected chi connectivity index (χ3v) is 4.44. The highest BCUT2D eigenvalue weighted by Gasteiger charge is 2.22. The highest BCUT2D eigenvalue weighted by Crippen LogP contribution is 2.09. The van der Waals surface area contributed by atoms with Gasteiger partial charge in [-0.3, -0.25) is 4.99 Å². The number of nitrogens with zero attached hydrogens (tertiary/aromatic N) is 2. The fourth-order valence-electron chi connectivity index (χ4n) is 2.01. The maximum Gasteiger partial charge on any atom is 0.209 e. The average Bonchev–Trinajstić information content (AvgIpc) is 2.84. The Morgan fingerprint density at radius 3 is 2.64 bits per heavy atom. The first-order chi connectivity index (χ1) is 10.1. The van der Waals surface area contributed by atoms with Crippen molar-refractivity contribution in [3.05, 3.63) is 22.4 Å². The molecule has 1 heterocycles. The summed E-state index contributed by atoms with van der Waals surface area (Å²) in [5, 5.41) is 7.39. The Kier molecular flexibility index (Phi) is 6.83. The smallest absolute Gasteiger partial charge is 0.209 e. The zero-order chi connectivity index (χ0) is 16.8. The van der Waals surface area contributed by atoms with E-state index >= 15 is 0 Å². The maximum absolute atomic E-state index is 11.4. The summed E-state index contributed by atoms with van der Waals surface area (Å²) in [5.41, 5.74) is 0.601. The summed E-state index contributed by atoms with van der Waals surface area (Å²) in [4.78, 5) is 6.59. The van der Waals surface area contributed by atoms with Crippen molar-refractivity contribution < 1.29 is 8.42 Å². The van der Waals surface area contributed by atoms with E-state index in [2.05, 4.69) is 26.5 Å². The Bertz CT molecular complexity index is 580. The quantitative estimate of drug-likeness (QED) is 0.579. The average molecular weight is 347 g/mol. The minimum absolute atomic E-state index is 0.358. The van der Waals surface area contributed by atoms with Crippen molar-refractivity contribution in [1.82, 2.24) is 14.9 Å². The van der Waals surface area contributed by atoms with E-state index in [4.69, 9.17) is 0 Å². The van der Waals surface area contributed by atoms with Gasteiger partial charge in [0.2, 0.25) is 10.0 Å². The molecule has 0 saturated heterocycles. The summed E-state index contributed by atoms with van der Waals surface area (Å²) >= 11 is 1.67. The molecule has 0 aliphatic carbocycles. The minimum Gasteiger partial charge on any atom is -0.357 e. The fraction of sp³-hybridized carbons (Fsp3) is 0.643. The van der Waals surface area contributed by atoms with Crippen LogP contribution >= 0.6 is 11.3 Å². The van der Waals surface area contributed by atoms with Crippen molar-refractivity contribution >= 4 is 27.3 Å². The van der Waals surface area contributed by atoms with E-state index in [-0.39, 0.29) is 0 Å². The van der Waals surface area contributed by atoms with E-state index in [0.717, 1.165) is 25.3 Å². The molecule has 0 fully saturated rings. The first-order valence-electron chi connectivity index (χ1n) is 7.12. The van der Waals surface area contributed by atoms with Crippen molar-refractivity contribution in [2.45, 2.75) is 32.9 Å². The van der Waals surface area contributed by atoms with Gasteiger partial charge in [0.25, 0.3) is 0 Å². The molecule has 0 amide bonds. The van der Waals surface area contributed by atoms with Gasteiger partial charge in [-0.2, -0.15) is 11.3 Å². The molecule has 1 aromatic heterocycles. The summed E-state index contributed by atoms with van der Waals surface area (Å²) in [6.45, 7) is 7.52. The van der Waals surface area contributed by atoms with E-state index in [9.17, 15) is 8.42 Å². The molecule has 0 unspecified atom stereocenters. The third-order valence-electron chi connectivity index (χ3n) is 2.78. The molecule has 6 nitrogen and oxygen atoms in total. The largest absolute Gasteiger partial charge is 0.357 e. The van der Waals surface area contributed by atoms with Gasteiger partial charge in [0.15, 0.2) is 5.96 Å². The molecule has 126 valence electrons. The summed E-state index contributed by atoms with van der Waals surface area (Å²) in [6.07, 6.45) is 1.16. The number of nitrogens with one attached hydrogen (secondary N) is 2. The van der Waals surface area contributed by atoms with Crippen LogP contribution in [0.3, 0.4) is 0 Å². The van der Waals surface area contributed by atoms with Crippen LogP contribution in [0.5, 0.6) is 0 Å². The number of sulfonamides is 1. The lowest BCUT2D eigenvalue weighted by Gasteiger charge is -2.26. The lowest BCUT2D eigenvalue weighted by Crippen LogP contribution is -2.46. The van der Waals surface area contributed by atoms with Gasteiger partial charge in [0.05, 0.1) is 12.8 Å². The van der Waals surface area contributed by atoms with Crippen LogP contribution in [0.2, 0.25) is 0 Å². The number of hydrogen-bond donors (Lipinski definition) is 2. The van der Waals surface area contributed by atoms with Crippen LogP contribution in [0.15, 0.2) is 21.8 Å². The normalized spacial score (nSPS) is 13.2. The molecule has 0 aliphatic rings. The predicted molar refractivity (Wildman–Crippen MR) is 93.8 cm³/mol. The monoisotopic (exact) mass is 346 g/mol. The molecule has 0 bridgehead atoms. The minimum atomic E-state index is -3.26. The van der Waals surface area contributed by atoms with Gasteiger partial charge in [0, 0.05) is 25.7 Å². The van der Waals surface area contributed by atoms with Gasteiger partial charge in [-0.1, -0.05) is 0 Å². The second-order valence-corrected chi connectivity index (χ2v) is 8.44. The summed E-state index contributed by atoms with van der Waals surface area (Å²) in [5.74, 6) is 0.761. The zero-order valence-corrected chi connectivity index (χ0v) is 15.5. The van der Waals surface area contributed by atoms with Crippen LogP contribution in [0.1, 0.15) is 26.3 Å². The number of hydrogen-bond acceptors (Lipinski definition) is 4. The van der Waals surface area contributed by atoms with Gasteiger partial charge >= 0.3 is 0 Å². The first-order valence-corrected chi connectivity index (χ1v) is 9.96. The lowest BCUT2D eigenvalue weighted by atomic mass is 10.1. The Morgan fingerprint density at radius 1 is 1.45 bits per heavy atom. The molecule has 1 aromatic rings. The molecule has 0 radical (unpaired) electrons. The number of aliphatic imine (C=N–C) groups is 1. The van der Waals surface area contributed by atoms with Crippen molar-refractivity contribution in [1.29, 1.82) is 0 Å². The number of thiophene rings is 1. The zero-order valence-electron chi connectivity index (χ0n) is 13.9. The second kappa shape index (κ2) is 7.94. The Hall–Kier alpha value is -1.12. The SMILES string of the molecule is CCNC(=NCC(C)(C)NS(C)(=O)=O)N(C)Cc1ccsc1. The van der Waals surface area contributed by atoms with Crippen LogP contribution < -0.4 is 10.0 Å². The van der Waals surface area contributed by atoms with Crippen LogP contribution in [0.25, 0.3) is 0 Å². The molecule has 0 atom stereocenters. The topological polar surface area (TPSA) is 73.8 Å². The molecule has 0 spiro atoms. The summed E-state index contributed by atoms with van der Waals surface area (Å²) < 4.78 is 25.4. The standard InChI is InChI=1S/C14H26N4O2S2/c1-6-15-13(18(4)9-12-7-8-21-10-12)16-11-14(2,3)17-22(5,19)20/h7-8,10,17H,6,9,11H2,1-5H3,(H,15,16). The highest BCUT2D eigenvalue weighted by molar-refractivity contribution is 7.88. The van der Waals surface area contributed by atoms with Gasteiger partial charge < -0.3 is 10.2 Å². The molecular weight excluding hydrogens is 320 g/mol. The lowest BCUT2D eigenvalue weighted by molar-refractivity contribution is 0.446. The van der Waals surface area contributed by atoms with Gasteiger partial charge in [-0.15, -0.1) is 0 Å². The van der Waals surface area contributed by atoms with Crippen LogP contribution in [-0.2, 0) is 16.6 Å². The van der Waals surface area contributed by atoms with Gasteiger partial charge in [-0.25, -0.2) is 13.1 Å². The van der Waals surface area contributed by atoms with E-state index in [1.54, 1.807) is 11.3 Å². The van der Waals surface area contributed by atoms with E-state index in [1.807, 2.05) is 38.1 Å². The maximum atomic E-state index is 11.4. The highest BCUT2D eigenvalue weighted by atomic mass is 32.2. The molecule has 22 heavy (non-hydrogen) atoms. The van der Waals surface area contributed by atoms with E-state index in [1.165, 1.54) is 5.56 Å². The number of guanidine groups is 1.